The predicted molar refractivity (Wildman–Crippen MR) is 80.3 cm³/mol. The molecule has 0 radical (unpaired) electrons. The average molecular weight is 281 g/mol. The number of nitriles is 1. The van der Waals surface area contributed by atoms with Crippen molar-refractivity contribution in [2.24, 2.45) is 0 Å². The number of nitrogens with one attached hydrogen (secondary N) is 1. The zero-order valence-electron chi connectivity index (χ0n) is 11.9. The first-order chi connectivity index (χ1) is 10.1. The molecular weight excluding hydrogens is 266 g/mol. The third kappa shape index (κ3) is 2.13. The number of aromatic hydroxyl groups is 1. The van der Waals surface area contributed by atoms with Crippen LogP contribution in [0.1, 0.15) is 11.1 Å². The van der Waals surface area contributed by atoms with E-state index in [4.69, 9.17) is 5.26 Å². The molecular formula is C15H15N5O. The maximum absolute atomic E-state index is 10.1. The Hall–Kier alpha value is -2.81. The summed E-state index contributed by atoms with van der Waals surface area (Å²) >= 11 is 0. The van der Waals surface area contributed by atoms with Crippen LogP contribution in [-0.2, 0) is 0 Å². The van der Waals surface area contributed by atoms with E-state index in [0.717, 1.165) is 30.2 Å². The largest absolute Gasteiger partial charge is 0.507 e. The highest BCUT2D eigenvalue weighted by Crippen LogP contribution is 2.37. The molecule has 0 atom stereocenters. The molecule has 3 rings (SSSR count). The maximum Gasteiger partial charge on any atom is 0.172 e. The zero-order chi connectivity index (χ0) is 15.0. The summed E-state index contributed by atoms with van der Waals surface area (Å²) in [6, 6.07) is 6.81. The summed E-state index contributed by atoms with van der Waals surface area (Å²) in [5.74, 6) is 0.802. The van der Waals surface area contributed by atoms with E-state index in [1.165, 1.54) is 6.07 Å². The van der Waals surface area contributed by atoms with Crippen LogP contribution in [0.4, 0.5) is 11.5 Å². The number of fused-ring (bicyclic) bond motifs is 1. The number of likely N-dealkylation sites (N-methyl/N-ethyl adjacent to an activating group) is 1. The lowest BCUT2D eigenvalue weighted by atomic mass is 10.0. The Morgan fingerprint density at radius 2 is 2.19 bits per heavy atom. The minimum absolute atomic E-state index is 0.0396. The number of rotatable bonds is 1. The summed E-state index contributed by atoms with van der Waals surface area (Å²) < 4.78 is 0. The fraction of sp³-hybridized carbons (Fsp3) is 0.267. The summed E-state index contributed by atoms with van der Waals surface area (Å²) in [6.45, 7) is 3.68. The van der Waals surface area contributed by atoms with E-state index >= 15 is 0 Å². The van der Waals surface area contributed by atoms with E-state index in [-0.39, 0.29) is 5.75 Å². The normalized spacial score (nSPS) is 13.3. The van der Waals surface area contributed by atoms with Gasteiger partial charge in [-0.3, -0.25) is 0 Å². The molecule has 0 unspecified atom stereocenters. The first-order valence-electron chi connectivity index (χ1n) is 6.67. The van der Waals surface area contributed by atoms with Crippen LogP contribution in [0.3, 0.4) is 0 Å². The van der Waals surface area contributed by atoms with Crippen molar-refractivity contribution in [2.45, 2.75) is 6.92 Å². The predicted octanol–water partition coefficient (Wildman–Crippen LogP) is 1.89. The smallest absolute Gasteiger partial charge is 0.172 e. The molecule has 2 aromatic rings. The van der Waals surface area contributed by atoms with Crippen LogP contribution in [0.5, 0.6) is 5.75 Å². The SMILES string of the molecule is Cc1c(-c2ccc(C#N)cc2O)nnc2c1N(C)CCN2. The number of benzene rings is 1. The van der Waals surface area contributed by atoms with Gasteiger partial charge in [-0.2, -0.15) is 5.26 Å². The Morgan fingerprint density at radius 3 is 2.90 bits per heavy atom. The third-order valence-corrected chi connectivity index (χ3v) is 3.69. The van der Waals surface area contributed by atoms with Gasteiger partial charge in [0.2, 0.25) is 0 Å². The molecule has 1 aliphatic rings. The second kappa shape index (κ2) is 4.94. The lowest BCUT2D eigenvalue weighted by Gasteiger charge is -2.29. The molecule has 0 saturated heterocycles. The first-order valence-corrected chi connectivity index (χ1v) is 6.67. The van der Waals surface area contributed by atoms with Crippen molar-refractivity contribution in [1.29, 1.82) is 5.26 Å². The van der Waals surface area contributed by atoms with Gasteiger partial charge in [0, 0.05) is 31.3 Å². The van der Waals surface area contributed by atoms with Gasteiger partial charge in [-0.05, 0) is 25.1 Å². The van der Waals surface area contributed by atoms with Crippen LogP contribution in [0, 0.1) is 18.3 Å². The van der Waals surface area contributed by atoms with E-state index in [1.807, 2.05) is 20.0 Å². The van der Waals surface area contributed by atoms with Crippen LogP contribution in [0.25, 0.3) is 11.3 Å². The molecule has 106 valence electrons. The zero-order valence-corrected chi connectivity index (χ0v) is 11.9. The lowest BCUT2D eigenvalue weighted by Crippen LogP contribution is -2.32. The minimum atomic E-state index is 0.0396. The molecule has 1 aliphatic heterocycles. The van der Waals surface area contributed by atoms with Gasteiger partial charge in [0.25, 0.3) is 0 Å². The quantitative estimate of drug-likeness (QED) is 0.830. The van der Waals surface area contributed by atoms with E-state index < -0.39 is 0 Å². The van der Waals surface area contributed by atoms with E-state index in [9.17, 15) is 5.11 Å². The molecule has 0 spiro atoms. The molecule has 2 heterocycles. The standard InChI is InChI=1S/C15H15N5O/c1-9-13(11-4-3-10(8-16)7-12(11)21)18-19-15-14(9)20(2)6-5-17-15/h3-4,7,21H,5-6H2,1-2H3,(H,17,19). The fourth-order valence-corrected chi connectivity index (χ4v) is 2.61. The van der Waals surface area contributed by atoms with E-state index in [2.05, 4.69) is 20.4 Å². The van der Waals surface area contributed by atoms with Crippen LogP contribution >= 0.6 is 0 Å². The summed E-state index contributed by atoms with van der Waals surface area (Å²) in [6.07, 6.45) is 0. The summed E-state index contributed by atoms with van der Waals surface area (Å²) in [4.78, 5) is 2.13. The molecule has 6 heteroatoms. The molecule has 0 amide bonds. The van der Waals surface area contributed by atoms with Gasteiger partial charge in [-0.25, -0.2) is 0 Å². The van der Waals surface area contributed by atoms with Crippen molar-refractivity contribution in [3.05, 3.63) is 29.3 Å². The van der Waals surface area contributed by atoms with Crippen molar-refractivity contribution in [3.8, 4) is 23.1 Å². The second-order valence-corrected chi connectivity index (χ2v) is 5.06. The Kier molecular flexibility index (Phi) is 3.10. The molecule has 0 fully saturated rings. The van der Waals surface area contributed by atoms with E-state index in [0.29, 0.717) is 16.8 Å². The van der Waals surface area contributed by atoms with Gasteiger partial charge in [-0.1, -0.05) is 0 Å². The molecule has 1 aromatic carbocycles. The van der Waals surface area contributed by atoms with Crippen LogP contribution < -0.4 is 10.2 Å². The Morgan fingerprint density at radius 1 is 1.38 bits per heavy atom. The third-order valence-electron chi connectivity index (χ3n) is 3.69. The molecule has 2 N–H and O–H groups in total. The summed E-state index contributed by atoms with van der Waals surface area (Å²) in [7, 11) is 2.01. The van der Waals surface area contributed by atoms with Crippen LogP contribution in [-0.4, -0.2) is 35.4 Å². The van der Waals surface area contributed by atoms with Gasteiger partial charge in [-0.15, -0.1) is 10.2 Å². The Bertz CT molecular complexity index is 750. The van der Waals surface area contributed by atoms with Gasteiger partial charge >= 0.3 is 0 Å². The first kappa shape index (κ1) is 13.2. The summed E-state index contributed by atoms with van der Waals surface area (Å²) in [5, 5.41) is 30.7. The molecule has 1 aromatic heterocycles. The Labute approximate surface area is 122 Å². The van der Waals surface area contributed by atoms with Gasteiger partial charge < -0.3 is 15.3 Å². The number of nitrogens with zero attached hydrogens (tertiary/aromatic N) is 4. The molecule has 6 nitrogen and oxygen atoms in total. The number of phenols is 1. The minimum Gasteiger partial charge on any atom is -0.507 e. The lowest BCUT2D eigenvalue weighted by molar-refractivity contribution is 0.477. The second-order valence-electron chi connectivity index (χ2n) is 5.06. The highest BCUT2D eigenvalue weighted by Gasteiger charge is 2.22. The van der Waals surface area contributed by atoms with Crippen molar-refractivity contribution >= 4 is 11.5 Å². The van der Waals surface area contributed by atoms with Gasteiger partial charge in [0.05, 0.1) is 17.3 Å². The van der Waals surface area contributed by atoms with Crippen LogP contribution in [0.2, 0.25) is 0 Å². The van der Waals surface area contributed by atoms with Crippen molar-refractivity contribution < 1.29 is 5.11 Å². The Balaban J connectivity index is 2.16. The highest BCUT2D eigenvalue weighted by atomic mass is 16.3. The van der Waals surface area contributed by atoms with Crippen LogP contribution in [0.15, 0.2) is 18.2 Å². The number of aromatic nitrogens is 2. The van der Waals surface area contributed by atoms with Crippen molar-refractivity contribution in [2.75, 3.05) is 30.4 Å². The highest BCUT2D eigenvalue weighted by molar-refractivity contribution is 5.80. The number of anilines is 2. The average Bonchev–Trinajstić information content (AvgIpc) is 2.48. The number of phenolic OH excluding ortho intramolecular Hbond substituents is 1. The van der Waals surface area contributed by atoms with Gasteiger partial charge in [0.1, 0.15) is 11.4 Å². The number of hydrogen-bond acceptors (Lipinski definition) is 6. The molecule has 0 bridgehead atoms. The van der Waals surface area contributed by atoms with Gasteiger partial charge in [0.15, 0.2) is 5.82 Å². The van der Waals surface area contributed by atoms with E-state index in [1.54, 1.807) is 12.1 Å². The van der Waals surface area contributed by atoms with Crippen molar-refractivity contribution in [1.82, 2.24) is 10.2 Å². The topological polar surface area (TPSA) is 85.1 Å². The molecule has 0 aliphatic carbocycles. The molecule has 0 saturated carbocycles. The van der Waals surface area contributed by atoms with Crippen molar-refractivity contribution in [3.63, 3.8) is 0 Å². The number of hydrogen-bond donors (Lipinski definition) is 2. The fourth-order valence-electron chi connectivity index (χ4n) is 2.61. The summed E-state index contributed by atoms with van der Waals surface area (Å²) in [5.41, 5.74) is 3.58. The maximum atomic E-state index is 10.1. The molecule has 21 heavy (non-hydrogen) atoms. The monoisotopic (exact) mass is 281 g/mol.